The standard InChI is InChI=1S/C21H24N2O4S/c1-4-27-18(24)12-9-15-7-10-16(11-8-15)22-21(26)19(14(2)3)23-20(25)17-6-5-13-28-17/h5-14,19H,4H2,1-3H3,(H,22,26)(H,23,25)/b12-9+. The third kappa shape index (κ3) is 6.35. The van der Waals surface area contributed by atoms with Crippen LogP contribution in [0.3, 0.4) is 0 Å². The smallest absolute Gasteiger partial charge is 0.330 e. The number of esters is 1. The first-order chi connectivity index (χ1) is 13.4. The zero-order valence-electron chi connectivity index (χ0n) is 16.1. The van der Waals surface area contributed by atoms with Gasteiger partial charge in [-0.25, -0.2) is 4.79 Å². The lowest BCUT2D eigenvalue weighted by Gasteiger charge is -2.21. The molecule has 0 saturated carbocycles. The normalized spacial score (nSPS) is 12.0. The van der Waals surface area contributed by atoms with Crippen molar-refractivity contribution >= 4 is 40.9 Å². The molecule has 0 aliphatic heterocycles. The largest absolute Gasteiger partial charge is 0.463 e. The molecule has 1 unspecified atom stereocenters. The second kappa shape index (κ2) is 10.4. The first kappa shape index (κ1) is 21.4. The second-order valence-electron chi connectivity index (χ2n) is 6.37. The highest BCUT2D eigenvalue weighted by Gasteiger charge is 2.25. The highest BCUT2D eigenvalue weighted by Crippen LogP contribution is 2.14. The number of thiophene rings is 1. The summed E-state index contributed by atoms with van der Waals surface area (Å²) in [5.41, 5.74) is 1.41. The van der Waals surface area contributed by atoms with Crippen LogP contribution >= 0.6 is 11.3 Å². The van der Waals surface area contributed by atoms with Gasteiger partial charge in [0.05, 0.1) is 11.5 Å². The molecule has 2 rings (SSSR count). The molecule has 1 heterocycles. The van der Waals surface area contributed by atoms with E-state index >= 15 is 0 Å². The van der Waals surface area contributed by atoms with Crippen molar-refractivity contribution in [1.29, 1.82) is 0 Å². The summed E-state index contributed by atoms with van der Waals surface area (Å²) in [6, 6.07) is 9.89. The zero-order valence-corrected chi connectivity index (χ0v) is 16.9. The molecule has 0 bridgehead atoms. The maximum Gasteiger partial charge on any atom is 0.330 e. The van der Waals surface area contributed by atoms with Crippen LogP contribution in [-0.4, -0.2) is 30.4 Å². The summed E-state index contributed by atoms with van der Waals surface area (Å²) in [6.45, 7) is 5.83. The molecule has 6 nitrogen and oxygen atoms in total. The van der Waals surface area contributed by atoms with Gasteiger partial charge in [0.1, 0.15) is 6.04 Å². The van der Waals surface area contributed by atoms with Gasteiger partial charge in [0, 0.05) is 11.8 Å². The number of nitrogens with one attached hydrogen (secondary N) is 2. The van der Waals surface area contributed by atoms with Crippen LogP contribution in [0.15, 0.2) is 47.9 Å². The Morgan fingerprint density at radius 1 is 1.14 bits per heavy atom. The van der Waals surface area contributed by atoms with E-state index in [1.54, 1.807) is 49.4 Å². The SMILES string of the molecule is CCOC(=O)/C=C/c1ccc(NC(=O)C(NC(=O)c2cccs2)C(C)C)cc1. The van der Waals surface area contributed by atoms with Crippen molar-refractivity contribution in [3.8, 4) is 0 Å². The summed E-state index contributed by atoms with van der Waals surface area (Å²) in [4.78, 5) is 36.8. The average Bonchev–Trinajstić information content (AvgIpc) is 3.20. The lowest BCUT2D eigenvalue weighted by atomic mass is 10.0. The second-order valence-corrected chi connectivity index (χ2v) is 7.32. The Bertz CT molecular complexity index is 827. The predicted octanol–water partition coefficient (Wildman–Crippen LogP) is 3.72. The summed E-state index contributed by atoms with van der Waals surface area (Å²) in [5, 5.41) is 7.43. The molecule has 0 saturated heterocycles. The van der Waals surface area contributed by atoms with Gasteiger partial charge in [-0.15, -0.1) is 11.3 Å². The van der Waals surface area contributed by atoms with Crippen molar-refractivity contribution in [1.82, 2.24) is 5.32 Å². The minimum Gasteiger partial charge on any atom is -0.463 e. The molecule has 1 aromatic carbocycles. The maximum absolute atomic E-state index is 12.6. The molecule has 7 heteroatoms. The molecule has 0 aliphatic carbocycles. The van der Waals surface area contributed by atoms with Gasteiger partial charge >= 0.3 is 5.97 Å². The Balaban J connectivity index is 1.99. The number of carbonyl (C=O) groups excluding carboxylic acids is 3. The Morgan fingerprint density at radius 3 is 2.43 bits per heavy atom. The number of carbonyl (C=O) groups is 3. The summed E-state index contributed by atoms with van der Waals surface area (Å²) in [6.07, 6.45) is 2.99. The lowest BCUT2D eigenvalue weighted by Crippen LogP contribution is -2.46. The van der Waals surface area contributed by atoms with Crippen LogP contribution in [0.5, 0.6) is 0 Å². The van der Waals surface area contributed by atoms with Gasteiger partial charge in [0.25, 0.3) is 5.91 Å². The third-order valence-corrected chi connectivity index (χ3v) is 4.73. The summed E-state index contributed by atoms with van der Waals surface area (Å²) in [7, 11) is 0. The van der Waals surface area contributed by atoms with Crippen molar-refractivity contribution in [2.45, 2.75) is 26.8 Å². The van der Waals surface area contributed by atoms with Crippen LogP contribution in [0.2, 0.25) is 0 Å². The summed E-state index contributed by atoms with van der Waals surface area (Å²) >= 11 is 1.33. The molecule has 0 fully saturated rings. The number of ether oxygens (including phenoxy) is 1. The number of benzene rings is 1. The van der Waals surface area contributed by atoms with Gasteiger partial charge in [-0.05, 0) is 48.1 Å². The lowest BCUT2D eigenvalue weighted by molar-refractivity contribution is -0.137. The summed E-state index contributed by atoms with van der Waals surface area (Å²) in [5.74, 6) is -1.02. The van der Waals surface area contributed by atoms with Crippen LogP contribution in [0.25, 0.3) is 6.08 Å². The highest BCUT2D eigenvalue weighted by atomic mass is 32.1. The van der Waals surface area contributed by atoms with Gasteiger partial charge in [0.15, 0.2) is 0 Å². The molecule has 28 heavy (non-hydrogen) atoms. The zero-order chi connectivity index (χ0) is 20.5. The number of amides is 2. The Hall–Kier alpha value is -2.93. The van der Waals surface area contributed by atoms with Crippen LogP contribution in [0.4, 0.5) is 5.69 Å². The Labute approximate surface area is 168 Å². The quantitative estimate of drug-likeness (QED) is 0.522. The fourth-order valence-electron chi connectivity index (χ4n) is 2.41. The minimum atomic E-state index is -0.655. The first-order valence-electron chi connectivity index (χ1n) is 9.00. The molecule has 1 aromatic heterocycles. The monoisotopic (exact) mass is 400 g/mol. The van der Waals surface area contributed by atoms with E-state index in [-0.39, 0.29) is 17.7 Å². The summed E-state index contributed by atoms with van der Waals surface area (Å²) < 4.78 is 4.83. The molecule has 2 aromatic rings. The number of hydrogen-bond donors (Lipinski definition) is 2. The Kier molecular flexibility index (Phi) is 7.95. The van der Waals surface area contributed by atoms with Crippen LogP contribution in [-0.2, 0) is 14.3 Å². The van der Waals surface area contributed by atoms with Crippen molar-refractivity contribution in [3.63, 3.8) is 0 Å². The number of anilines is 1. The molecule has 1 atom stereocenters. The highest BCUT2D eigenvalue weighted by molar-refractivity contribution is 7.12. The number of hydrogen-bond acceptors (Lipinski definition) is 5. The molecular formula is C21H24N2O4S. The van der Waals surface area contributed by atoms with Gasteiger partial charge in [-0.2, -0.15) is 0 Å². The predicted molar refractivity (Wildman–Crippen MR) is 111 cm³/mol. The van der Waals surface area contributed by atoms with E-state index in [0.29, 0.717) is 17.2 Å². The minimum absolute atomic E-state index is 0.0734. The average molecular weight is 401 g/mol. The third-order valence-electron chi connectivity index (χ3n) is 3.86. The van der Waals surface area contributed by atoms with E-state index in [0.717, 1.165) is 5.56 Å². The Morgan fingerprint density at radius 2 is 1.86 bits per heavy atom. The van der Waals surface area contributed by atoms with E-state index in [9.17, 15) is 14.4 Å². The molecule has 0 radical (unpaired) electrons. The van der Waals surface area contributed by atoms with Gasteiger partial charge in [-0.1, -0.05) is 32.0 Å². The molecule has 148 valence electrons. The van der Waals surface area contributed by atoms with E-state index in [1.807, 2.05) is 19.2 Å². The molecule has 0 spiro atoms. The van der Waals surface area contributed by atoms with Gasteiger partial charge < -0.3 is 15.4 Å². The van der Waals surface area contributed by atoms with Gasteiger partial charge in [-0.3, -0.25) is 9.59 Å². The molecule has 2 amide bonds. The first-order valence-corrected chi connectivity index (χ1v) is 9.88. The van der Waals surface area contributed by atoms with E-state index in [2.05, 4.69) is 10.6 Å². The molecular weight excluding hydrogens is 376 g/mol. The van der Waals surface area contributed by atoms with Crippen LogP contribution < -0.4 is 10.6 Å². The van der Waals surface area contributed by atoms with Gasteiger partial charge in [0.2, 0.25) is 5.91 Å². The van der Waals surface area contributed by atoms with Crippen molar-refractivity contribution < 1.29 is 19.1 Å². The maximum atomic E-state index is 12.6. The van der Waals surface area contributed by atoms with E-state index in [1.165, 1.54) is 17.4 Å². The molecule has 2 N–H and O–H groups in total. The van der Waals surface area contributed by atoms with Crippen molar-refractivity contribution in [2.75, 3.05) is 11.9 Å². The van der Waals surface area contributed by atoms with E-state index < -0.39 is 12.0 Å². The fraction of sp³-hybridized carbons (Fsp3) is 0.286. The van der Waals surface area contributed by atoms with Crippen LogP contribution in [0, 0.1) is 5.92 Å². The topological polar surface area (TPSA) is 84.5 Å². The fourth-order valence-corrected chi connectivity index (χ4v) is 3.03. The van der Waals surface area contributed by atoms with Crippen molar-refractivity contribution in [2.24, 2.45) is 5.92 Å². The number of rotatable bonds is 8. The molecule has 0 aliphatic rings. The van der Waals surface area contributed by atoms with E-state index in [4.69, 9.17) is 4.74 Å². The van der Waals surface area contributed by atoms with Crippen molar-refractivity contribution in [3.05, 3.63) is 58.3 Å². The van der Waals surface area contributed by atoms with Crippen LogP contribution in [0.1, 0.15) is 36.0 Å².